The largest absolute Gasteiger partial charge is 0.465 e. The summed E-state index contributed by atoms with van der Waals surface area (Å²) in [5, 5.41) is 0. The summed E-state index contributed by atoms with van der Waals surface area (Å²) in [4.78, 5) is 27.0. The molecule has 3 rings (SSSR count). The molecule has 0 saturated heterocycles. The third-order valence-electron chi connectivity index (χ3n) is 9.09. The first-order chi connectivity index (χ1) is 19.4. The molecule has 0 atom stereocenters. The van der Waals surface area contributed by atoms with E-state index in [1.54, 1.807) is 0 Å². The number of unbranched alkanes of at least 4 members (excludes halogenated alkanes) is 4. The van der Waals surface area contributed by atoms with Crippen LogP contribution < -0.4 is 0 Å². The predicted molar refractivity (Wildman–Crippen MR) is 165 cm³/mol. The number of carbonyl (C=O) groups excluding carboxylic acids is 2. The summed E-state index contributed by atoms with van der Waals surface area (Å²) in [5.74, 6) is -0.837. The molecule has 0 aliphatic heterocycles. The number of benzene rings is 2. The molecule has 2 aromatic rings. The Morgan fingerprint density at radius 1 is 0.500 bits per heavy atom. The van der Waals surface area contributed by atoms with Gasteiger partial charge in [-0.05, 0) is 120 Å². The number of rotatable bonds is 14. The number of esters is 2. The summed E-state index contributed by atoms with van der Waals surface area (Å²) in [6.45, 7) is 13.5. The van der Waals surface area contributed by atoms with Gasteiger partial charge in [0, 0.05) is 0 Å². The van der Waals surface area contributed by atoms with Crippen LogP contribution in [0.1, 0.15) is 156 Å². The minimum Gasteiger partial charge on any atom is -0.465 e. The Hall–Kier alpha value is -2.62. The number of ether oxygens (including phenoxy) is 2. The fraction of sp³-hybridized carbons (Fsp3) is 0.611. The summed E-state index contributed by atoms with van der Waals surface area (Å²) in [7, 11) is 2.85. The van der Waals surface area contributed by atoms with Crippen molar-refractivity contribution >= 4 is 11.9 Å². The molecule has 0 saturated carbocycles. The van der Waals surface area contributed by atoms with E-state index in [1.807, 2.05) is 0 Å². The first-order valence-electron chi connectivity index (χ1n) is 15.9. The van der Waals surface area contributed by atoms with Crippen LogP contribution in [-0.4, -0.2) is 26.2 Å². The van der Waals surface area contributed by atoms with Crippen molar-refractivity contribution in [3.8, 4) is 0 Å². The van der Waals surface area contributed by atoms with Gasteiger partial charge in [-0.3, -0.25) is 0 Å². The van der Waals surface area contributed by atoms with Crippen LogP contribution in [0, 0.1) is 0 Å². The maximum Gasteiger partial charge on any atom is 0.339 e. The van der Waals surface area contributed by atoms with Crippen molar-refractivity contribution < 1.29 is 19.1 Å². The molecule has 0 radical (unpaired) electrons. The number of carbonyl (C=O) groups is 2. The van der Waals surface area contributed by atoms with E-state index in [0.717, 1.165) is 101 Å². The molecule has 0 spiro atoms. The fourth-order valence-corrected chi connectivity index (χ4v) is 7.28. The van der Waals surface area contributed by atoms with Crippen molar-refractivity contribution in [3.63, 3.8) is 0 Å². The Bertz CT molecular complexity index is 1130. The third kappa shape index (κ3) is 6.02. The van der Waals surface area contributed by atoms with Crippen LogP contribution in [0.2, 0.25) is 0 Å². The zero-order chi connectivity index (χ0) is 29.4. The van der Waals surface area contributed by atoms with Crippen molar-refractivity contribution in [1.29, 1.82) is 0 Å². The number of fused-ring (bicyclic) bond motifs is 2. The third-order valence-corrected chi connectivity index (χ3v) is 9.09. The molecule has 220 valence electrons. The molecule has 0 amide bonds. The first-order valence-corrected chi connectivity index (χ1v) is 15.9. The lowest BCUT2D eigenvalue weighted by molar-refractivity contribution is 0.0552. The minimum atomic E-state index is -0.419. The van der Waals surface area contributed by atoms with Crippen LogP contribution in [0.4, 0.5) is 0 Å². The highest BCUT2D eigenvalue weighted by Gasteiger charge is 2.35. The second-order valence-electron chi connectivity index (χ2n) is 11.2. The van der Waals surface area contributed by atoms with Gasteiger partial charge in [-0.2, -0.15) is 0 Å². The van der Waals surface area contributed by atoms with Gasteiger partial charge in [0.15, 0.2) is 0 Å². The SMILES string of the molecule is CCCCCc1c2c(c(CCCCC)c(C(=O)OC)c1C(=O)OC)Cc1c(CC)c(CC)c(CC)c(CC)c1C2. The summed E-state index contributed by atoms with van der Waals surface area (Å²) in [6, 6.07) is 0. The normalized spacial score (nSPS) is 12.2. The molecule has 2 aromatic carbocycles. The van der Waals surface area contributed by atoms with Crippen LogP contribution in [0.3, 0.4) is 0 Å². The highest BCUT2D eigenvalue weighted by atomic mass is 16.5. The molecule has 0 N–H and O–H groups in total. The maximum atomic E-state index is 13.5. The van der Waals surface area contributed by atoms with Gasteiger partial charge in [0.1, 0.15) is 0 Å². The molecule has 40 heavy (non-hydrogen) atoms. The zero-order valence-electron chi connectivity index (χ0n) is 26.5. The smallest absolute Gasteiger partial charge is 0.339 e. The number of methoxy groups -OCH3 is 2. The lowest BCUT2D eigenvalue weighted by Crippen LogP contribution is -2.26. The predicted octanol–water partition coefficient (Wildman–Crippen LogP) is 8.47. The van der Waals surface area contributed by atoms with E-state index < -0.39 is 11.9 Å². The Balaban J connectivity index is 2.47. The van der Waals surface area contributed by atoms with E-state index >= 15 is 0 Å². The standard InChI is InChI=1S/C36H52O4/c1-9-15-17-19-27-31-21-29-25(13-5)23(11-3)24(12-4)26(14-6)30(29)22-32(31)28(20-18-16-10-2)34(36(38)40-8)33(27)35(37)39-7/h9-22H2,1-8H3. The van der Waals surface area contributed by atoms with Gasteiger partial charge in [0.25, 0.3) is 0 Å². The Morgan fingerprint density at radius 3 is 1.10 bits per heavy atom. The van der Waals surface area contributed by atoms with E-state index in [-0.39, 0.29) is 0 Å². The quantitative estimate of drug-likeness (QED) is 0.150. The first kappa shape index (κ1) is 31.9. The van der Waals surface area contributed by atoms with Gasteiger partial charge in [0.2, 0.25) is 0 Å². The van der Waals surface area contributed by atoms with E-state index in [4.69, 9.17) is 9.47 Å². The maximum absolute atomic E-state index is 13.5. The molecule has 0 aromatic heterocycles. The van der Waals surface area contributed by atoms with Crippen molar-refractivity contribution in [2.75, 3.05) is 14.2 Å². The van der Waals surface area contributed by atoms with Crippen LogP contribution in [0.5, 0.6) is 0 Å². The van der Waals surface area contributed by atoms with Crippen LogP contribution in [0.15, 0.2) is 0 Å². The number of hydrogen-bond acceptors (Lipinski definition) is 4. The average molecular weight is 549 g/mol. The molecule has 1 aliphatic rings. The van der Waals surface area contributed by atoms with Crippen LogP contribution in [-0.2, 0) is 60.8 Å². The molecular formula is C36H52O4. The summed E-state index contributed by atoms with van der Waals surface area (Å²) < 4.78 is 10.7. The summed E-state index contributed by atoms with van der Waals surface area (Å²) in [5.41, 5.74) is 14.5. The fourth-order valence-electron chi connectivity index (χ4n) is 7.28. The van der Waals surface area contributed by atoms with Gasteiger partial charge in [0.05, 0.1) is 25.3 Å². The van der Waals surface area contributed by atoms with Gasteiger partial charge < -0.3 is 9.47 Å². The second kappa shape index (κ2) is 14.8. The number of hydrogen-bond donors (Lipinski definition) is 0. The Morgan fingerprint density at radius 2 is 0.825 bits per heavy atom. The topological polar surface area (TPSA) is 52.6 Å². The van der Waals surface area contributed by atoms with Gasteiger partial charge in [-0.1, -0.05) is 67.2 Å². The van der Waals surface area contributed by atoms with E-state index in [0.29, 0.717) is 11.1 Å². The van der Waals surface area contributed by atoms with E-state index in [9.17, 15) is 9.59 Å². The van der Waals surface area contributed by atoms with Gasteiger partial charge in [-0.25, -0.2) is 9.59 Å². The van der Waals surface area contributed by atoms with Crippen LogP contribution in [0.25, 0.3) is 0 Å². The molecule has 4 heteroatoms. The molecular weight excluding hydrogens is 496 g/mol. The Labute approximate surface area is 243 Å². The van der Waals surface area contributed by atoms with E-state index in [1.165, 1.54) is 58.7 Å². The summed E-state index contributed by atoms with van der Waals surface area (Å²) >= 11 is 0. The highest BCUT2D eigenvalue weighted by molar-refractivity contribution is 6.06. The lowest BCUT2D eigenvalue weighted by atomic mass is 9.71. The zero-order valence-corrected chi connectivity index (χ0v) is 26.5. The van der Waals surface area contributed by atoms with Gasteiger partial charge in [-0.15, -0.1) is 0 Å². The molecule has 0 unspecified atom stereocenters. The molecule has 0 fully saturated rings. The van der Waals surface area contributed by atoms with Crippen molar-refractivity contribution in [3.05, 3.63) is 66.8 Å². The second-order valence-corrected chi connectivity index (χ2v) is 11.2. The highest BCUT2D eigenvalue weighted by Crippen LogP contribution is 2.43. The summed E-state index contributed by atoms with van der Waals surface area (Å²) in [6.07, 6.45) is 13.6. The molecule has 4 nitrogen and oxygen atoms in total. The lowest BCUT2D eigenvalue weighted by Gasteiger charge is -2.33. The van der Waals surface area contributed by atoms with Gasteiger partial charge >= 0.3 is 11.9 Å². The monoisotopic (exact) mass is 548 g/mol. The van der Waals surface area contributed by atoms with E-state index in [2.05, 4.69) is 41.5 Å². The van der Waals surface area contributed by atoms with Crippen molar-refractivity contribution in [1.82, 2.24) is 0 Å². The Kier molecular flexibility index (Phi) is 11.8. The molecule has 0 heterocycles. The molecule has 0 bridgehead atoms. The average Bonchev–Trinajstić information content (AvgIpc) is 2.98. The van der Waals surface area contributed by atoms with Crippen LogP contribution >= 0.6 is 0 Å². The molecule has 1 aliphatic carbocycles. The minimum absolute atomic E-state index is 0.419. The van der Waals surface area contributed by atoms with Crippen molar-refractivity contribution in [2.45, 2.75) is 131 Å². The van der Waals surface area contributed by atoms with Crippen molar-refractivity contribution in [2.24, 2.45) is 0 Å².